The molecule has 3 rings (SSSR count). The second-order valence-electron chi connectivity index (χ2n) is 7.20. The van der Waals surface area contributed by atoms with Crippen LogP contribution in [0, 0.1) is 12.8 Å². The van der Waals surface area contributed by atoms with Gasteiger partial charge in [-0.25, -0.2) is 0 Å². The summed E-state index contributed by atoms with van der Waals surface area (Å²) in [6, 6.07) is 15.4. The van der Waals surface area contributed by atoms with Crippen LogP contribution in [-0.2, 0) is 20.7 Å². The smallest absolute Gasteiger partial charge is 0.257 e. The van der Waals surface area contributed by atoms with Crippen molar-refractivity contribution in [2.45, 2.75) is 13.3 Å². The highest BCUT2D eigenvalue weighted by atomic mass is 35.5. The second-order valence-corrected chi connectivity index (χ2v) is 7.64. The topological polar surface area (TPSA) is 67.9 Å². The van der Waals surface area contributed by atoms with Gasteiger partial charge in [-0.1, -0.05) is 41.4 Å². The number of hydrogen-bond acceptors (Lipinski definition) is 4. The number of ether oxygens (including phenoxy) is 2. The van der Waals surface area contributed by atoms with Crippen molar-refractivity contribution < 1.29 is 19.1 Å². The molecule has 1 N–H and O–H groups in total. The summed E-state index contributed by atoms with van der Waals surface area (Å²) in [7, 11) is 1.70. The molecule has 2 aromatic rings. The second kappa shape index (κ2) is 12.9. The van der Waals surface area contributed by atoms with Crippen LogP contribution in [0.15, 0.2) is 48.5 Å². The average Bonchev–Trinajstić information content (AvgIpc) is 2.72. The van der Waals surface area contributed by atoms with E-state index in [0.29, 0.717) is 18.2 Å². The Morgan fingerprint density at radius 3 is 2.43 bits per heavy atom. The van der Waals surface area contributed by atoms with Gasteiger partial charge in [0.15, 0.2) is 6.61 Å². The SMILES string of the molecule is COCCc1ccc(Cl)cc1.Cc1ccc(OCC(=O)NCC2CN(C=O)C2)cc1. The number of hydrogen-bond donors (Lipinski definition) is 1. The number of halogens is 1. The van der Waals surface area contributed by atoms with Crippen molar-refractivity contribution in [3.8, 4) is 5.75 Å². The van der Waals surface area contributed by atoms with Gasteiger partial charge in [-0.15, -0.1) is 0 Å². The number of carbonyl (C=O) groups is 2. The molecule has 162 valence electrons. The molecule has 0 aromatic heterocycles. The molecule has 2 amide bonds. The van der Waals surface area contributed by atoms with Crippen molar-refractivity contribution in [2.75, 3.05) is 40.0 Å². The summed E-state index contributed by atoms with van der Waals surface area (Å²) in [5.74, 6) is 0.926. The van der Waals surface area contributed by atoms with Crippen LogP contribution in [0.5, 0.6) is 5.75 Å². The van der Waals surface area contributed by atoms with Crippen LogP contribution >= 0.6 is 11.6 Å². The fourth-order valence-electron chi connectivity index (χ4n) is 2.79. The molecule has 0 saturated carbocycles. The van der Waals surface area contributed by atoms with Crippen LogP contribution in [0.1, 0.15) is 11.1 Å². The predicted molar refractivity (Wildman–Crippen MR) is 118 cm³/mol. The lowest BCUT2D eigenvalue weighted by atomic mass is 10.0. The van der Waals surface area contributed by atoms with Crippen LogP contribution in [0.25, 0.3) is 0 Å². The standard InChI is InChI=1S/C14H18N2O3.C9H11ClO/c1-11-2-4-13(5-3-11)19-9-14(18)15-6-12-7-16(8-12)10-17;1-11-7-6-8-2-4-9(10)5-3-8/h2-5,10,12H,6-9H2,1H3,(H,15,18);2-5H,6-7H2,1H3. The summed E-state index contributed by atoms with van der Waals surface area (Å²) in [6.07, 6.45) is 1.78. The van der Waals surface area contributed by atoms with Gasteiger partial charge in [0.1, 0.15) is 5.75 Å². The number of rotatable bonds is 9. The van der Waals surface area contributed by atoms with E-state index >= 15 is 0 Å². The van der Waals surface area contributed by atoms with Crippen molar-refractivity contribution in [1.82, 2.24) is 10.2 Å². The zero-order chi connectivity index (χ0) is 21.8. The van der Waals surface area contributed by atoms with E-state index in [1.54, 1.807) is 12.0 Å². The number of benzene rings is 2. The van der Waals surface area contributed by atoms with E-state index in [2.05, 4.69) is 5.32 Å². The molecule has 1 saturated heterocycles. The lowest BCUT2D eigenvalue weighted by Crippen LogP contribution is -2.50. The normalized spacial score (nSPS) is 13.0. The maximum atomic E-state index is 11.6. The Morgan fingerprint density at radius 2 is 1.83 bits per heavy atom. The van der Waals surface area contributed by atoms with Crippen LogP contribution in [-0.4, -0.2) is 57.2 Å². The van der Waals surface area contributed by atoms with Gasteiger partial charge in [0, 0.05) is 37.7 Å². The minimum atomic E-state index is -0.134. The predicted octanol–water partition coefficient (Wildman–Crippen LogP) is 3.11. The number of carbonyl (C=O) groups excluding carboxylic acids is 2. The summed E-state index contributed by atoms with van der Waals surface area (Å²) in [6.45, 7) is 4.83. The van der Waals surface area contributed by atoms with Gasteiger partial charge in [0.05, 0.1) is 6.61 Å². The molecule has 1 aliphatic heterocycles. The first-order valence-electron chi connectivity index (χ1n) is 9.89. The van der Waals surface area contributed by atoms with Crippen molar-refractivity contribution in [3.05, 3.63) is 64.7 Å². The molecule has 7 heteroatoms. The molecule has 0 unspecified atom stereocenters. The van der Waals surface area contributed by atoms with Gasteiger partial charge in [0.25, 0.3) is 5.91 Å². The minimum absolute atomic E-state index is 0.0210. The maximum Gasteiger partial charge on any atom is 0.257 e. The molecule has 0 spiro atoms. The largest absolute Gasteiger partial charge is 0.484 e. The average molecular weight is 433 g/mol. The van der Waals surface area contributed by atoms with E-state index in [4.69, 9.17) is 21.1 Å². The lowest BCUT2D eigenvalue weighted by Gasteiger charge is -2.36. The fourth-order valence-corrected chi connectivity index (χ4v) is 2.91. The Kier molecular flexibility index (Phi) is 10.2. The fraction of sp³-hybridized carbons (Fsp3) is 0.391. The van der Waals surface area contributed by atoms with Crippen LogP contribution in [0.2, 0.25) is 5.02 Å². The zero-order valence-corrected chi connectivity index (χ0v) is 18.2. The quantitative estimate of drug-likeness (QED) is 0.618. The third-order valence-corrected chi connectivity index (χ3v) is 4.87. The van der Waals surface area contributed by atoms with Gasteiger partial charge in [-0.3, -0.25) is 9.59 Å². The molecule has 1 heterocycles. The first-order valence-corrected chi connectivity index (χ1v) is 10.3. The van der Waals surface area contributed by atoms with Gasteiger partial charge in [-0.05, 0) is 43.2 Å². The van der Waals surface area contributed by atoms with Gasteiger partial charge in [0.2, 0.25) is 6.41 Å². The van der Waals surface area contributed by atoms with Crippen molar-refractivity contribution in [3.63, 3.8) is 0 Å². The minimum Gasteiger partial charge on any atom is -0.484 e. The van der Waals surface area contributed by atoms with Crippen LogP contribution < -0.4 is 10.1 Å². The number of likely N-dealkylation sites (tertiary alicyclic amines) is 1. The van der Waals surface area contributed by atoms with E-state index < -0.39 is 0 Å². The highest BCUT2D eigenvalue weighted by Crippen LogP contribution is 2.12. The highest BCUT2D eigenvalue weighted by molar-refractivity contribution is 6.30. The summed E-state index contributed by atoms with van der Waals surface area (Å²) in [5.41, 5.74) is 2.41. The van der Waals surface area contributed by atoms with Crippen molar-refractivity contribution >= 4 is 23.9 Å². The molecule has 0 aliphatic carbocycles. The molecule has 6 nitrogen and oxygen atoms in total. The maximum absolute atomic E-state index is 11.6. The van der Waals surface area contributed by atoms with E-state index in [1.807, 2.05) is 55.5 Å². The molecular weight excluding hydrogens is 404 g/mol. The number of aryl methyl sites for hydroxylation is 1. The number of nitrogens with one attached hydrogen (secondary N) is 1. The molecule has 0 atom stereocenters. The van der Waals surface area contributed by atoms with E-state index in [9.17, 15) is 9.59 Å². The first kappa shape index (κ1) is 23.7. The third-order valence-electron chi connectivity index (χ3n) is 4.62. The molecule has 1 fully saturated rings. The Morgan fingerprint density at radius 1 is 1.17 bits per heavy atom. The van der Waals surface area contributed by atoms with E-state index in [1.165, 1.54) is 5.56 Å². The van der Waals surface area contributed by atoms with Gasteiger partial charge >= 0.3 is 0 Å². The van der Waals surface area contributed by atoms with Crippen LogP contribution in [0.3, 0.4) is 0 Å². The molecule has 30 heavy (non-hydrogen) atoms. The van der Waals surface area contributed by atoms with E-state index in [-0.39, 0.29) is 12.5 Å². The molecular formula is C23H29ClN2O4. The highest BCUT2D eigenvalue weighted by Gasteiger charge is 2.25. The van der Waals surface area contributed by atoms with Gasteiger partial charge in [-0.2, -0.15) is 0 Å². The summed E-state index contributed by atoms with van der Waals surface area (Å²) in [4.78, 5) is 23.6. The summed E-state index contributed by atoms with van der Waals surface area (Å²) < 4.78 is 10.3. The molecule has 0 radical (unpaired) electrons. The Bertz CT molecular complexity index is 775. The molecule has 0 bridgehead atoms. The number of methoxy groups -OCH3 is 1. The van der Waals surface area contributed by atoms with E-state index in [0.717, 1.165) is 43.1 Å². The first-order chi connectivity index (χ1) is 14.5. The number of amides is 2. The molecule has 2 aromatic carbocycles. The monoisotopic (exact) mass is 432 g/mol. The summed E-state index contributed by atoms with van der Waals surface area (Å²) in [5, 5.41) is 3.59. The lowest BCUT2D eigenvalue weighted by molar-refractivity contribution is -0.125. The van der Waals surface area contributed by atoms with Crippen LogP contribution in [0.4, 0.5) is 0 Å². The Labute approximate surface area is 183 Å². The summed E-state index contributed by atoms with van der Waals surface area (Å²) >= 11 is 5.71. The van der Waals surface area contributed by atoms with Crippen molar-refractivity contribution in [2.24, 2.45) is 5.92 Å². The number of nitrogens with zero attached hydrogens (tertiary/aromatic N) is 1. The van der Waals surface area contributed by atoms with Crippen molar-refractivity contribution in [1.29, 1.82) is 0 Å². The Hall–Kier alpha value is -2.57. The third kappa shape index (κ3) is 8.84. The zero-order valence-electron chi connectivity index (χ0n) is 17.5. The Balaban J connectivity index is 0.000000248. The molecule has 1 aliphatic rings. The van der Waals surface area contributed by atoms with Gasteiger partial charge < -0.3 is 19.7 Å².